The molecule has 1 aliphatic rings. The van der Waals surface area contributed by atoms with Crippen molar-refractivity contribution in [3.8, 4) is 0 Å². The van der Waals surface area contributed by atoms with E-state index >= 15 is 0 Å². The van der Waals surface area contributed by atoms with Crippen LogP contribution >= 0.6 is 11.8 Å². The summed E-state index contributed by atoms with van der Waals surface area (Å²) in [6.45, 7) is -0.281. The molecule has 4 rings (SSSR count). The topological polar surface area (TPSA) is 69.6 Å². The average molecular weight is 422 g/mol. The van der Waals surface area contributed by atoms with Gasteiger partial charge in [-0.3, -0.25) is 14.5 Å². The number of amides is 2. The average Bonchev–Trinajstić information content (AvgIpc) is 2.97. The van der Waals surface area contributed by atoms with Crippen molar-refractivity contribution in [3.05, 3.63) is 89.7 Å². The molecule has 3 aromatic carbocycles. The number of halogens is 1. The van der Waals surface area contributed by atoms with Crippen LogP contribution in [-0.4, -0.2) is 29.7 Å². The van der Waals surface area contributed by atoms with Crippen LogP contribution in [0.25, 0.3) is 0 Å². The van der Waals surface area contributed by atoms with Crippen LogP contribution in [0.3, 0.4) is 0 Å². The van der Waals surface area contributed by atoms with Crippen LogP contribution in [0.2, 0.25) is 0 Å². The number of hydrogen-bond donors (Lipinski definition) is 2. The lowest BCUT2D eigenvalue weighted by Crippen LogP contribution is -2.44. The van der Waals surface area contributed by atoms with E-state index in [9.17, 15) is 19.1 Å². The maximum Gasteiger partial charge on any atom is 0.268 e. The maximum absolute atomic E-state index is 13.8. The fraction of sp³-hybridized carbons (Fsp3) is 0.130. The predicted octanol–water partition coefficient (Wildman–Crippen LogP) is 3.77. The highest BCUT2D eigenvalue weighted by molar-refractivity contribution is 7.98. The van der Waals surface area contributed by atoms with E-state index in [0.717, 1.165) is 11.0 Å². The number of nitrogens with one attached hydrogen (secondary N) is 1. The second-order valence-electron chi connectivity index (χ2n) is 6.91. The number of hydrogen-bond acceptors (Lipinski definition) is 4. The highest BCUT2D eigenvalue weighted by Crippen LogP contribution is 2.44. The molecule has 1 heterocycles. The number of aliphatic hydroxyl groups is 1. The van der Waals surface area contributed by atoms with Crippen molar-refractivity contribution in [1.29, 1.82) is 0 Å². The summed E-state index contributed by atoms with van der Waals surface area (Å²) in [7, 11) is 0. The van der Waals surface area contributed by atoms with E-state index in [-0.39, 0.29) is 12.1 Å². The number of benzene rings is 3. The van der Waals surface area contributed by atoms with E-state index in [2.05, 4.69) is 5.32 Å². The van der Waals surface area contributed by atoms with Gasteiger partial charge in [-0.25, -0.2) is 4.39 Å². The summed E-state index contributed by atoms with van der Waals surface area (Å²) in [6.07, 6.45) is 1.94. The number of fused-ring (bicyclic) bond motifs is 1. The Morgan fingerprint density at radius 2 is 1.87 bits per heavy atom. The van der Waals surface area contributed by atoms with Gasteiger partial charge in [0.1, 0.15) is 12.4 Å². The van der Waals surface area contributed by atoms with Crippen LogP contribution in [0.5, 0.6) is 0 Å². The van der Waals surface area contributed by atoms with Gasteiger partial charge in [-0.1, -0.05) is 36.4 Å². The minimum Gasteiger partial charge on any atom is -0.372 e. The number of carbonyl (C=O) groups is 2. The van der Waals surface area contributed by atoms with Crippen molar-refractivity contribution in [1.82, 2.24) is 0 Å². The van der Waals surface area contributed by atoms with Gasteiger partial charge >= 0.3 is 0 Å². The Morgan fingerprint density at radius 1 is 1.10 bits per heavy atom. The van der Waals surface area contributed by atoms with Crippen molar-refractivity contribution in [3.63, 3.8) is 0 Å². The third kappa shape index (κ3) is 3.46. The number of rotatable bonds is 5. The van der Waals surface area contributed by atoms with Crippen molar-refractivity contribution in [2.45, 2.75) is 10.5 Å². The molecular formula is C23H19FN2O3S. The molecule has 5 nitrogen and oxygen atoms in total. The molecule has 0 unspecified atom stereocenters. The summed E-state index contributed by atoms with van der Waals surface area (Å²) in [5, 5.41) is 14.1. The fourth-order valence-electron chi connectivity index (χ4n) is 3.63. The molecule has 0 aliphatic carbocycles. The molecule has 2 N–H and O–H groups in total. The van der Waals surface area contributed by atoms with Gasteiger partial charge in [-0.2, -0.15) is 0 Å². The molecule has 0 spiro atoms. The summed E-state index contributed by atoms with van der Waals surface area (Å²) < 4.78 is 13.8. The molecule has 0 radical (unpaired) electrons. The zero-order valence-corrected chi connectivity index (χ0v) is 16.9. The van der Waals surface area contributed by atoms with Gasteiger partial charge in [0.05, 0.1) is 5.69 Å². The summed E-state index contributed by atoms with van der Waals surface area (Å²) in [5.41, 5.74) is -0.583. The molecule has 0 fully saturated rings. The van der Waals surface area contributed by atoms with Gasteiger partial charge in [0.15, 0.2) is 5.60 Å². The number of anilines is 2. The van der Waals surface area contributed by atoms with Crippen LogP contribution in [0.15, 0.2) is 77.7 Å². The van der Waals surface area contributed by atoms with Crippen LogP contribution in [0.4, 0.5) is 15.8 Å². The smallest absolute Gasteiger partial charge is 0.268 e. The number of para-hydroxylation sites is 1. The lowest BCUT2D eigenvalue weighted by Gasteiger charge is -2.23. The van der Waals surface area contributed by atoms with E-state index in [1.54, 1.807) is 42.1 Å². The van der Waals surface area contributed by atoms with E-state index in [1.165, 1.54) is 23.1 Å². The molecule has 3 aromatic rings. The SMILES string of the molecule is CSc1cccc(NC(=O)CN2C(=O)[C@@](O)(c3cccc(F)c3)c3ccccc32)c1. The fourth-order valence-corrected chi connectivity index (χ4v) is 4.09. The van der Waals surface area contributed by atoms with Crippen molar-refractivity contribution < 1.29 is 19.1 Å². The second-order valence-corrected chi connectivity index (χ2v) is 7.79. The Balaban J connectivity index is 1.64. The molecule has 1 atom stereocenters. The summed E-state index contributed by atoms with van der Waals surface area (Å²) in [4.78, 5) is 28.2. The Hall–Kier alpha value is -3.16. The number of thioether (sulfide) groups is 1. The zero-order chi connectivity index (χ0) is 21.3. The Morgan fingerprint density at radius 3 is 2.63 bits per heavy atom. The first-order valence-corrected chi connectivity index (χ1v) is 10.5. The van der Waals surface area contributed by atoms with Gasteiger partial charge in [-0.05, 0) is 42.7 Å². The van der Waals surface area contributed by atoms with Crippen molar-refractivity contribution >= 4 is 35.0 Å². The van der Waals surface area contributed by atoms with Crippen molar-refractivity contribution in [2.75, 3.05) is 23.0 Å². The highest BCUT2D eigenvalue weighted by atomic mass is 32.2. The lowest BCUT2D eigenvalue weighted by atomic mass is 9.87. The first kappa shape index (κ1) is 20.1. The first-order valence-electron chi connectivity index (χ1n) is 9.27. The molecule has 0 aromatic heterocycles. The lowest BCUT2D eigenvalue weighted by molar-refractivity contribution is -0.133. The molecule has 2 amide bonds. The largest absolute Gasteiger partial charge is 0.372 e. The number of nitrogens with zero attached hydrogens (tertiary/aromatic N) is 1. The Bertz CT molecular complexity index is 1140. The monoisotopic (exact) mass is 422 g/mol. The summed E-state index contributed by atoms with van der Waals surface area (Å²) in [5.74, 6) is -1.65. The third-order valence-electron chi connectivity index (χ3n) is 5.04. The van der Waals surface area contributed by atoms with Gasteiger partial charge in [0, 0.05) is 21.7 Å². The first-order chi connectivity index (χ1) is 14.4. The third-order valence-corrected chi connectivity index (χ3v) is 5.76. The zero-order valence-electron chi connectivity index (χ0n) is 16.1. The van der Waals surface area contributed by atoms with Gasteiger partial charge in [-0.15, -0.1) is 11.8 Å². The highest BCUT2D eigenvalue weighted by Gasteiger charge is 2.51. The maximum atomic E-state index is 13.8. The van der Waals surface area contributed by atoms with Crippen LogP contribution < -0.4 is 10.2 Å². The van der Waals surface area contributed by atoms with E-state index in [0.29, 0.717) is 16.9 Å². The minimum atomic E-state index is -2.06. The minimum absolute atomic E-state index is 0.121. The molecule has 30 heavy (non-hydrogen) atoms. The van der Waals surface area contributed by atoms with Crippen LogP contribution in [0.1, 0.15) is 11.1 Å². The second kappa shape index (κ2) is 7.93. The normalized spacial score (nSPS) is 17.7. The Labute approximate surface area is 177 Å². The van der Waals surface area contributed by atoms with Gasteiger partial charge < -0.3 is 10.4 Å². The molecule has 1 aliphatic heterocycles. The van der Waals surface area contributed by atoms with Gasteiger partial charge in [0.25, 0.3) is 5.91 Å². The number of carbonyl (C=O) groups excluding carboxylic acids is 2. The quantitative estimate of drug-likeness (QED) is 0.614. The molecule has 0 saturated carbocycles. The molecule has 152 valence electrons. The van der Waals surface area contributed by atoms with Crippen molar-refractivity contribution in [2.24, 2.45) is 0 Å². The van der Waals surface area contributed by atoms with Crippen LogP contribution in [0, 0.1) is 5.82 Å². The standard InChI is InChI=1S/C23H19FN2O3S/c1-30-18-9-5-8-17(13-18)25-21(27)14-26-20-11-3-2-10-19(20)23(29,22(26)28)15-6-4-7-16(24)12-15/h2-13,29H,14H2,1H3,(H,25,27)/t23-/m1/s1. The summed E-state index contributed by atoms with van der Waals surface area (Å²) >= 11 is 1.55. The van der Waals surface area contributed by atoms with Crippen LogP contribution in [-0.2, 0) is 15.2 Å². The Kier molecular flexibility index (Phi) is 5.32. The predicted molar refractivity (Wildman–Crippen MR) is 115 cm³/mol. The molecule has 0 bridgehead atoms. The summed E-state index contributed by atoms with van der Waals surface area (Å²) in [6, 6.07) is 19.3. The van der Waals surface area contributed by atoms with E-state index in [4.69, 9.17) is 0 Å². The van der Waals surface area contributed by atoms with Gasteiger partial charge in [0.2, 0.25) is 5.91 Å². The molecule has 7 heteroatoms. The van der Waals surface area contributed by atoms with E-state index < -0.39 is 23.2 Å². The molecular weight excluding hydrogens is 403 g/mol. The molecule has 0 saturated heterocycles. The van der Waals surface area contributed by atoms with E-state index in [1.807, 2.05) is 24.5 Å².